The van der Waals surface area contributed by atoms with Gasteiger partial charge in [-0.2, -0.15) is 0 Å². The van der Waals surface area contributed by atoms with Gasteiger partial charge >= 0.3 is 0 Å². The molecule has 0 amide bonds. The number of aryl methyl sites for hydroxylation is 1. The number of rotatable bonds is 2. The minimum Gasteiger partial charge on any atom is -0.367 e. The highest BCUT2D eigenvalue weighted by molar-refractivity contribution is 5.34. The third-order valence-electron chi connectivity index (χ3n) is 3.05. The fourth-order valence-corrected chi connectivity index (χ4v) is 2.20. The van der Waals surface area contributed by atoms with Gasteiger partial charge in [0, 0.05) is 12.1 Å². The third-order valence-corrected chi connectivity index (χ3v) is 3.05. The number of aromatic nitrogens is 2. The van der Waals surface area contributed by atoms with Gasteiger partial charge in [-0.3, -0.25) is 4.79 Å². The molecule has 1 saturated carbocycles. The number of nitrogens with one attached hydrogen (secondary N) is 2. The Labute approximate surface area is 89.1 Å². The molecular weight excluding hydrogens is 190 g/mol. The Balaban J connectivity index is 2.13. The molecule has 2 unspecified atom stereocenters. The average Bonchev–Trinajstić information content (AvgIpc) is 2.50. The Hall–Kier alpha value is -1.32. The highest BCUT2D eigenvalue weighted by Gasteiger charge is 2.23. The maximum atomic E-state index is 11.2. The molecule has 1 aromatic rings. The molecule has 0 aromatic carbocycles. The van der Waals surface area contributed by atoms with E-state index in [1.165, 1.54) is 25.3 Å². The first-order valence-electron chi connectivity index (χ1n) is 5.49. The van der Waals surface area contributed by atoms with Crippen molar-refractivity contribution in [2.24, 2.45) is 5.92 Å². The van der Waals surface area contributed by atoms with Crippen LogP contribution in [0.2, 0.25) is 0 Å². The smallest absolute Gasteiger partial charge is 0.252 e. The van der Waals surface area contributed by atoms with Crippen LogP contribution in [0.5, 0.6) is 0 Å². The van der Waals surface area contributed by atoms with Gasteiger partial charge < -0.3 is 10.3 Å². The molecule has 0 bridgehead atoms. The summed E-state index contributed by atoms with van der Waals surface area (Å²) < 4.78 is 0. The standard InChI is InChI=1S/C11H17N3O/c1-7-4-3-5-9(7)14-10-6-11(15)13-8(2)12-10/h6-7,9H,3-5H2,1-2H3,(H2,12,13,14,15). The molecule has 2 N–H and O–H groups in total. The lowest BCUT2D eigenvalue weighted by molar-refractivity contribution is 0.554. The highest BCUT2D eigenvalue weighted by Crippen LogP contribution is 2.26. The van der Waals surface area contributed by atoms with E-state index in [1.54, 1.807) is 6.92 Å². The summed E-state index contributed by atoms with van der Waals surface area (Å²) in [4.78, 5) is 18.1. The molecule has 1 aromatic heterocycles. The van der Waals surface area contributed by atoms with Gasteiger partial charge in [0.05, 0.1) is 0 Å². The number of hydrogen-bond acceptors (Lipinski definition) is 3. The second kappa shape index (κ2) is 4.04. The number of aromatic amines is 1. The quantitative estimate of drug-likeness (QED) is 0.775. The molecule has 1 heterocycles. The van der Waals surface area contributed by atoms with Gasteiger partial charge in [0.2, 0.25) is 0 Å². The van der Waals surface area contributed by atoms with E-state index in [1.807, 2.05) is 0 Å². The molecule has 1 aliphatic carbocycles. The van der Waals surface area contributed by atoms with Crippen molar-refractivity contribution >= 4 is 5.82 Å². The molecule has 1 fully saturated rings. The number of anilines is 1. The van der Waals surface area contributed by atoms with Crippen molar-refractivity contribution in [2.75, 3.05) is 5.32 Å². The number of nitrogens with zero attached hydrogens (tertiary/aromatic N) is 1. The van der Waals surface area contributed by atoms with Gasteiger partial charge in [-0.1, -0.05) is 13.3 Å². The first-order valence-corrected chi connectivity index (χ1v) is 5.49. The topological polar surface area (TPSA) is 57.8 Å². The molecule has 0 spiro atoms. The van der Waals surface area contributed by atoms with E-state index in [2.05, 4.69) is 22.2 Å². The molecule has 4 heteroatoms. The van der Waals surface area contributed by atoms with Crippen LogP contribution in [-0.4, -0.2) is 16.0 Å². The SMILES string of the molecule is Cc1nc(NC2CCCC2C)cc(=O)[nH]1. The van der Waals surface area contributed by atoms with Gasteiger partial charge in [-0.25, -0.2) is 4.98 Å². The first-order chi connectivity index (χ1) is 7.15. The van der Waals surface area contributed by atoms with Crippen LogP contribution in [0, 0.1) is 12.8 Å². The maximum Gasteiger partial charge on any atom is 0.252 e. The molecule has 2 atom stereocenters. The van der Waals surface area contributed by atoms with E-state index in [4.69, 9.17) is 0 Å². The molecule has 2 rings (SSSR count). The molecular formula is C11H17N3O. The summed E-state index contributed by atoms with van der Waals surface area (Å²) in [6.45, 7) is 4.04. The van der Waals surface area contributed by atoms with E-state index >= 15 is 0 Å². The fraction of sp³-hybridized carbons (Fsp3) is 0.636. The van der Waals surface area contributed by atoms with Crippen LogP contribution in [0.4, 0.5) is 5.82 Å². The van der Waals surface area contributed by atoms with Gasteiger partial charge in [0.15, 0.2) is 0 Å². The van der Waals surface area contributed by atoms with E-state index in [0.717, 1.165) is 0 Å². The summed E-state index contributed by atoms with van der Waals surface area (Å²) in [5.41, 5.74) is -0.0874. The third kappa shape index (κ3) is 2.37. The second-order valence-electron chi connectivity index (χ2n) is 4.38. The zero-order chi connectivity index (χ0) is 10.8. The van der Waals surface area contributed by atoms with Crippen molar-refractivity contribution in [3.8, 4) is 0 Å². The summed E-state index contributed by atoms with van der Waals surface area (Å²) in [6.07, 6.45) is 3.70. The first kappa shape index (κ1) is 10.2. The predicted molar refractivity (Wildman–Crippen MR) is 60.0 cm³/mol. The molecule has 1 aliphatic rings. The Bertz CT molecular complexity index is 399. The van der Waals surface area contributed by atoms with E-state index in [-0.39, 0.29) is 5.56 Å². The summed E-state index contributed by atoms with van der Waals surface area (Å²) >= 11 is 0. The summed E-state index contributed by atoms with van der Waals surface area (Å²) in [6, 6.07) is 2.00. The van der Waals surface area contributed by atoms with Crippen molar-refractivity contribution < 1.29 is 0 Å². The van der Waals surface area contributed by atoms with Crippen molar-refractivity contribution in [3.05, 3.63) is 22.2 Å². The van der Waals surface area contributed by atoms with Crippen LogP contribution in [-0.2, 0) is 0 Å². The Morgan fingerprint density at radius 2 is 2.33 bits per heavy atom. The monoisotopic (exact) mass is 207 g/mol. The Kier molecular flexibility index (Phi) is 2.75. The van der Waals surface area contributed by atoms with Gasteiger partial charge in [0.1, 0.15) is 11.6 Å². The largest absolute Gasteiger partial charge is 0.367 e. The lowest BCUT2D eigenvalue weighted by Crippen LogP contribution is -2.24. The molecule has 15 heavy (non-hydrogen) atoms. The van der Waals surface area contributed by atoms with Crippen molar-refractivity contribution in [1.29, 1.82) is 0 Å². The summed E-state index contributed by atoms with van der Waals surface area (Å²) in [5, 5.41) is 3.34. The zero-order valence-corrected chi connectivity index (χ0v) is 9.21. The lowest BCUT2D eigenvalue weighted by atomic mass is 10.1. The molecule has 4 nitrogen and oxygen atoms in total. The lowest BCUT2D eigenvalue weighted by Gasteiger charge is -2.17. The molecule has 82 valence electrons. The van der Waals surface area contributed by atoms with Crippen LogP contribution >= 0.6 is 0 Å². The fourth-order valence-electron chi connectivity index (χ4n) is 2.20. The maximum absolute atomic E-state index is 11.2. The van der Waals surface area contributed by atoms with Crippen LogP contribution in [0.15, 0.2) is 10.9 Å². The van der Waals surface area contributed by atoms with Gasteiger partial charge in [-0.05, 0) is 25.7 Å². The zero-order valence-electron chi connectivity index (χ0n) is 9.21. The van der Waals surface area contributed by atoms with E-state index in [0.29, 0.717) is 23.6 Å². The minimum atomic E-state index is -0.0874. The van der Waals surface area contributed by atoms with Crippen LogP contribution in [0.3, 0.4) is 0 Å². The van der Waals surface area contributed by atoms with Crippen molar-refractivity contribution in [2.45, 2.75) is 39.2 Å². The molecule has 0 aliphatic heterocycles. The van der Waals surface area contributed by atoms with Crippen LogP contribution in [0.1, 0.15) is 32.0 Å². The van der Waals surface area contributed by atoms with Crippen LogP contribution < -0.4 is 10.9 Å². The van der Waals surface area contributed by atoms with Gasteiger partial charge in [-0.15, -0.1) is 0 Å². The van der Waals surface area contributed by atoms with Crippen molar-refractivity contribution in [3.63, 3.8) is 0 Å². The van der Waals surface area contributed by atoms with E-state index < -0.39 is 0 Å². The molecule has 0 radical (unpaired) electrons. The number of H-pyrrole nitrogens is 1. The van der Waals surface area contributed by atoms with Crippen molar-refractivity contribution in [1.82, 2.24) is 9.97 Å². The van der Waals surface area contributed by atoms with E-state index in [9.17, 15) is 4.79 Å². The Morgan fingerprint density at radius 3 is 2.93 bits per heavy atom. The summed E-state index contributed by atoms with van der Waals surface area (Å²) in [7, 11) is 0. The van der Waals surface area contributed by atoms with Crippen LogP contribution in [0.25, 0.3) is 0 Å². The van der Waals surface area contributed by atoms with Gasteiger partial charge in [0.25, 0.3) is 5.56 Å². The number of hydrogen-bond donors (Lipinski definition) is 2. The normalized spacial score (nSPS) is 25.5. The Morgan fingerprint density at radius 1 is 1.53 bits per heavy atom. The highest BCUT2D eigenvalue weighted by atomic mass is 16.1. The minimum absolute atomic E-state index is 0.0874. The second-order valence-corrected chi connectivity index (χ2v) is 4.38. The summed E-state index contributed by atoms with van der Waals surface area (Å²) in [5.74, 6) is 2.04. The average molecular weight is 207 g/mol. The molecule has 0 saturated heterocycles. The predicted octanol–water partition coefficient (Wildman–Crippen LogP) is 1.68.